The minimum absolute atomic E-state index is 0.0964. The molecule has 0 bridgehead atoms. The number of aromatic nitrogens is 1. The molecule has 0 N–H and O–H groups in total. The molecule has 19 heavy (non-hydrogen) atoms. The molecule has 0 radical (unpaired) electrons. The summed E-state index contributed by atoms with van der Waals surface area (Å²) in [6.45, 7) is 0.219. The minimum Gasteiger partial charge on any atom is -0.340 e. The first-order chi connectivity index (χ1) is 9.24. The summed E-state index contributed by atoms with van der Waals surface area (Å²) < 4.78 is 15.0. The van der Waals surface area contributed by atoms with Crippen LogP contribution < -0.4 is 0 Å². The van der Waals surface area contributed by atoms with Crippen molar-refractivity contribution in [3.8, 4) is 0 Å². The SMILES string of the molecule is O=C(Cn1ccc2ccccc21)c1cccc(F)c1. The van der Waals surface area contributed by atoms with Crippen molar-refractivity contribution in [2.24, 2.45) is 0 Å². The van der Waals surface area contributed by atoms with Crippen molar-refractivity contribution in [1.29, 1.82) is 0 Å². The van der Waals surface area contributed by atoms with Crippen LogP contribution in [0.5, 0.6) is 0 Å². The third-order valence-electron chi connectivity index (χ3n) is 3.14. The largest absolute Gasteiger partial charge is 0.340 e. The zero-order valence-electron chi connectivity index (χ0n) is 10.2. The zero-order chi connectivity index (χ0) is 13.2. The Labute approximate surface area is 110 Å². The molecule has 2 nitrogen and oxygen atoms in total. The first kappa shape index (κ1) is 11.7. The van der Waals surface area contributed by atoms with Crippen molar-refractivity contribution in [2.45, 2.75) is 6.54 Å². The Bertz CT molecular complexity index is 745. The predicted octanol–water partition coefficient (Wildman–Crippen LogP) is 3.66. The molecule has 0 amide bonds. The molecule has 0 aliphatic carbocycles. The molecule has 0 aliphatic heterocycles. The van der Waals surface area contributed by atoms with Gasteiger partial charge in [-0.1, -0.05) is 30.3 Å². The van der Waals surface area contributed by atoms with Gasteiger partial charge in [0.05, 0.1) is 6.54 Å². The molecule has 0 spiro atoms. The Balaban J connectivity index is 1.91. The number of ketones is 1. The average molecular weight is 253 g/mol. The van der Waals surface area contributed by atoms with E-state index in [4.69, 9.17) is 0 Å². The summed E-state index contributed by atoms with van der Waals surface area (Å²) in [6.07, 6.45) is 1.88. The molecule has 0 atom stereocenters. The van der Waals surface area contributed by atoms with Crippen LogP contribution in [0.25, 0.3) is 10.9 Å². The molecule has 3 aromatic rings. The molecule has 3 heteroatoms. The van der Waals surface area contributed by atoms with Crippen LogP contribution in [0, 0.1) is 5.82 Å². The fourth-order valence-electron chi connectivity index (χ4n) is 2.19. The van der Waals surface area contributed by atoms with E-state index in [0.29, 0.717) is 5.56 Å². The van der Waals surface area contributed by atoms with Crippen LogP contribution in [0.3, 0.4) is 0 Å². The summed E-state index contributed by atoms with van der Waals surface area (Å²) in [5.41, 5.74) is 1.41. The van der Waals surface area contributed by atoms with Crippen molar-refractivity contribution in [3.63, 3.8) is 0 Å². The topological polar surface area (TPSA) is 22.0 Å². The number of hydrogen-bond acceptors (Lipinski definition) is 1. The second-order valence-electron chi connectivity index (χ2n) is 4.44. The normalized spacial score (nSPS) is 10.8. The molecule has 1 heterocycles. The number of Topliss-reactive ketones (excluding diaryl/α,β-unsaturated/α-hetero) is 1. The van der Waals surface area contributed by atoms with E-state index in [1.165, 1.54) is 12.1 Å². The monoisotopic (exact) mass is 253 g/mol. The number of benzene rings is 2. The number of rotatable bonds is 3. The lowest BCUT2D eigenvalue weighted by Crippen LogP contribution is -2.09. The highest BCUT2D eigenvalue weighted by atomic mass is 19.1. The lowest BCUT2D eigenvalue weighted by Gasteiger charge is -2.05. The van der Waals surface area contributed by atoms with Gasteiger partial charge in [-0.15, -0.1) is 0 Å². The van der Waals surface area contributed by atoms with E-state index in [9.17, 15) is 9.18 Å². The summed E-state index contributed by atoms with van der Waals surface area (Å²) in [6, 6.07) is 15.6. The van der Waals surface area contributed by atoms with Gasteiger partial charge in [-0.3, -0.25) is 4.79 Å². The number of carbonyl (C=O) groups excluding carboxylic acids is 1. The van der Waals surface area contributed by atoms with Gasteiger partial charge in [-0.05, 0) is 29.7 Å². The molecule has 0 saturated carbocycles. The molecular weight excluding hydrogens is 241 g/mol. The lowest BCUT2D eigenvalue weighted by atomic mass is 10.1. The number of nitrogens with zero attached hydrogens (tertiary/aromatic N) is 1. The van der Waals surface area contributed by atoms with Gasteiger partial charge in [0.15, 0.2) is 5.78 Å². The highest BCUT2D eigenvalue weighted by Crippen LogP contribution is 2.16. The van der Waals surface area contributed by atoms with Gasteiger partial charge in [0, 0.05) is 17.3 Å². The van der Waals surface area contributed by atoms with Gasteiger partial charge >= 0.3 is 0 Å². The Kier molecular flexibility index (Phi) is 2.88. The molecular formula is C16H12FNO. The van der Waals surface area contributed by atoms with E-state index in [2.05, 4.69) is 0 Å². The molecule has 0 unspecified atom stereocenters. The third kappa shape index (κ3) is 2.27. The van der Waals surface area contributed by atoms with Crippen LogP contribution in [0.4, 0.5) is 4.39 Å². The van der Waals surface area contributed by atoms with Gasteiger partial charge in [0.2, 0.25) is 0 Å². The van der Waals surface area contributed by atoms with Crippen LogP contribution in [-0.2, 0) is 6.54 Å². The smallest absolute Gasteiger partial charge is 0.182 e. The van der Waals surface area contributed by atoms with Crippen LogP contribution in [-0.4, -0.2) is 10.4 Å². The van der Waals surface area contributed by atoms with Gasteiger partial charge < -0.3 is 4.57 Å². The van der Waals surface area contributed by atoms with E-state index >= 15 is 0 Å². The van der Waals surface area contributed by atoms with Gasteiger partial charge in [-0.2, -0.15) is 0 Å². The Morgan fingerprint density at radius 1 is 1.05 bits per heavy atom. The maximum atomic E-state index is 13.1. The van der Waals surface area contributed by atoms with E-state index in [-0.39, 0.29) is 18.1 Å². The van der Waals surface area contributed by atoms with Gasteiger partial charge in [-0.25, -0.2) is 4.39 Å². The van der Waals surface area contributed by atoms with E-state index < -0.39 is 0 Å². The molecule has 0 aliphatic rings. The number of hydrogen-bond donors (Lipinski definition) is 0. The van der Waals surface area contributed by atoms with Crippen LogP contribution in [0.1, 0.15) is 10.4 Å². The fraction of sp³-hybridized carbons (Fsp3) is 0.0625. The summed E-state index contributed by atoms with van der Waals surface area (Å²) in [7, 11) is 0. The second kappa shape index (κ2) is 4.69. The van der Waals surface area contributed by atoms with E-state index in [1.807, 2.05) is 41.1 Å². The maximum Gasteiger partial charge on any atom is 0.182 e. The Hall–Kier alpha value is -2.42. The zero-order valence-corrected chi connectivity index (χ0v) is 10.2. The van der Waals surface area contributed by atoms with Crippen molar-refractivity contribution in [2.75, 3.05) is 0 Å². The molecule has 94 valence electrons. The van der Waals surface area contributed by atoms with Crippen molar-refractivity contribution >= 4 is 16.7 Å². The summed E-state index contributed by atoms with van der Waals surface area (Å²) >= 11 is 0. The van der Waals surface area contributed by atoms with Crippen LogP contribution in [0.2, 0.25) is 0 Å². The van der Waals surface area contributed by atoms with Crippen LogP contribution in [0.15, 0.2) is 60.8 Å². The van der Waals surface area contributed by atoms with E-state index in [1.54, 1.807) is 12.1 Å². The van der Waals surface area contributed by atoms with Crippen molar-refractivity contribution in [3.05, 3.63) is 72.2 Å². The lowest BCUT2D eigenvalue weighted by molar-refractivity contribution is 0.0973. The summed E-state index contributed by atoms with van der Waals surface area (Å²) in [5, 5.41) is 1.09. The molecule has 3 rings (SSSR count). The molecule has 0 fully saturated rings. The highest BCUT2D eigenvalue weighted by Gasteiger charge is 2.09. The van der Waals surface area contributed by atoms with Crippen molar-refractivity contribution < 1.29 is 9.18 Å². The predicted molar refractivity (Wildman–Crippen MR) is 72.7 cm³/mol. The third-order valence-corrected chi connectivity index (χ3v) is 3.14. The standard InChI is InChI=1S/C16H12FNO/c17-14-6-3-5-13(10-14)16(19)11-18-9-8-12-4-1-2-7-15(12)18/h1-10H,11H2. The maximum absolute atomic E-state index is 13.1. The fourth-order valence-corrected chi connectivity index (χ4v) is 2.19. The number of para-hydroxylation sites is 1. The van der Waals surface area contributed by atoms with Crippen molar-refractivity contribution in [1.82, 2.24) is 4.57 Å². The first-order valence-corrected chi connectivity index (χ1v) is 6.07. The van der Waals surface area contributed by atoms with Crippen LogP contribution >= 0.6 is 0 Å². The molecule has 0 saturated heterocycles. The molecule has 2 aromatic carbocycles. The number of carbonyl (C=O) groups is 1. The second-order valence-corrected chi connectivity index (χ2v) is 4.44. The first-order valence-electron chi connectivity index (χ1n) is 6.07. The molecule has 1 aromatic heterocycles. The summed E-state index contributed by atoms with van der Waals surface area (Å²) in [4.78, 5) is 12.1. The average Bonchev–Trinajstić information content (AvgIpc) is 2.82. The van der Waals surface area contributed by atoms with Gasteiger partial charge in [0.1, 0.15) is 5.82 Å². The summed E-state index contributed by atoms with van der Waals surface area (Å²) in [5.74, 6) is -0.482. The Morgan fingerprint density at radius 2 is 1.89 bits per heavy atom. The Morgan fingerprint density at radius 3 is 2.74 bits per heavy atom. The number of halogens is 1. The number of fused-ring (bicyclic) bond motifs is 1. The van der Waals surface area contributed by atoms with E-state index in [0.717, 1.165) is 10.9 Å². The quantitative estimate of drug-likeness (QED) is 0.653. The minimum atomic E-state index is -0.386. The highest BCUT2D eigenvalue weighted by molar-refractivity contribution is 5.96. The van der Waals surface area contributed by atoms with Gasteiger partial charge in [0.25, 0.3) is 0 Å².